The first kappa shape index (κ1) is 15.0. The number of para-hydroxylation sites is 2. The number of rotatable bonds is 5. The molecule has 0 spiro atoms. The highest BCUT2D eigenvalue weighted by molar-refractivity contribution is 6.01. The van der Waals surface area contributed by atoms with Crippen molar-refractivity contribution in [1.29, 1.82) is 0 Å². The predicted octanol–water partition coefficient (Wildman–Crippen LogP) is 1.37. The molecule has 0 saturated carbocycles. The van der Waals surface area contributed by atoms with Gasteiger partial charge in [-0.15, -0.1) is 0 Å². The molecule has 0 bridgehead atoms. The molecule has 0 unspecified atom stereocenters. The summed E-state index contributed by atoms with van der Waals surface area (Å²) in [4.78, 5) is 28.4. The van der Waals surface area contributed by atoms with Crippen LogP contribution in [0, 0.1) is 0 Å². The summed E-state index contributed by atoms with van der Waals surface area (Å²) in [7, 11) is 1.53. The average Bonchev–Trinajstić information content (AvgIpc) is 3.06. The second-order valence-corrected chi connectivity index (χ2v) is 5.11. The number of methoxy groups -OCH3 is 1. The van der Waals surface area contributed by atoms with Gasteiger partial charge >= 0.3 is 0 Å². The molecule has 1 aliphatic heterocycles. The first-order valence-electron chi connectivity index (χ1n) is 7.31. The fraction of sp³-hybridized carbons (Fsp3) is 0.333. The lowest BCUT2D eigenvalue weighted by Crippen LogP contribution is -2.24. The van der Waals surface area contributed by atoms with Crippen molar-refractivity contribution in [3.8, 4) is 5.75 Å². The van der Waals surface area contributed by atoms with Gasteiger partial charge in [-0.1, -0.05) is 19.1 Å². The quantitative estimate of drug-likeness (QED) is 0.868. The second kappa shape index (κ2) is 6.07. The molecule has 8 nitrogen and oxygen atoms in total. The molecular formula is C15H17N5O3. The van der Waals surface area contributed by atoms with E-state index in [2.05, 4.69) is 20.7 Å². The monoisotopic (exact) mass is 315 g/mol. The van der Waals surface area contributed by atoms with E-state index >= 15 is 0 Å². The smallest absolute Gasteiger partial charge is 0.252 e. The van der Waals surface area contributed by atoms with Crippen LogP contribution in [0.15, 0.2) is 24.3 Å². The summed E-state index contributed by atoms with van der Waals surface area (Å²) in [6.45, 7) is 1.93. The number of benzene rings is 1. The second-order valence-electron chi connectivity index (χ2n) is 5.11. The summed E-state index contributed by atoms with van der Waals surface area (Å²) >= 11 is 0. The number of carbonyl (C=O) groups is 2. The van der Waals surface area contributed by atoms with Crippen molar-refractivity contribution in [1.82, 2.24) is 14.8 Å². The molecule has 8 heteroatoms. The zero-order chi connectivity index (χ0) is 16.4. The summed E-state index contributed by atoms with van der Waals surface area (Å²) in [5.74, 6) is 1.01. The third kappa shape index (κ3) is 2.87. The van der Waals surface area contributed by atoms with Gasteiger partial charge in [0.2, 0.25) is 11.9 Å². The molecule has 1 atom stereocenters. The number of nitrogens with one attached hydrogen (secondary N) is 2. The Hall–Kier alpha value is -2.90. The van der Waals surface area contributed by atoms with Gasteiger partial charge in [-0.3, -0.25) is 14.9 Å². The van der Waals surface area contributed by atoms with Gasteiger partial charge in [-0.05, 0) is 12.1 Å². The molecule has 120 valence electrons. The molecule has 2 aromatic rings. The molecule has 1 aromatic carbocycles. The van der Waals surface area contributed by atoms with Gasteiger partial charge in [0.15, 0.2) is 5.82 Å². The topological polar surface area (TPSA) is 98.1 Å². The molecule has 23 heavy (non-hydrogen) atoms. The van der Waals surface area contributed by atoms with Crippen LogP contribution in [0.3, 0.4) is 0 Å². The number of hydrogen-bond acceptors (Lipinski definition) is 5. The lowest BCUT2D eigenvalue weighted by molar-refractivity contribution is -0.123. The number of anilines is 2. The van der Waals surface area contributed by atoms with Crippen molar-refractivity contribution >= 4 is 23.5 Å². The highest BCUT2D eigenvalue weighted by Crippen LogP contribution is 2.27. The van der Waals surface area contributed by atoms with Gasteiger partial charge in [0.05, 0.1) is 19.2 Å². The van der Waals surface area contributed by atoms with E-state index in [-0.39, 0.29) is 18.2 Å². The third-order valence-electron chi connectivity index (χ3n) is 3.58. The number of aryl methyl sites for hydroxylation is 1. The molecule has 0 aliphatic carbocycles. The van der Waals surface area contributed by atoms with E-state index in [1.165, 1.54) is 11.8 Å². The van der Waals surface area contributed by atoms with Crippen LogP contribution in [-0.4, -0.2) is 33.7 Å². The number of ether oxygens (including phenoxy) is 1. The van der Waals surface area contributed by atoms with E-state index in [1.807, 2.05) is 13.0 Å². The fourth-order valence-electron chi connectivity index (χ4n) is 2.43. The summed E-state index contributed by atoms with van der Waals surface area (Å²) in [6.07, 6.45) is 0.638. The zero-order valence-electron chi connectivity index (χ0n) is 12.9. The van der Waals surface area contributed by atoms with Crippen molar-refractivity contribution in [2.45, 2.75) is 25.8 Å². The zero-order valence-corrected chi connectivity index (χ0v) is 12.9. The SMILES string of the molecule is CCc1nc2n(n1)[C@@H](CC(=O)Nc1ccccc1OC)C(=O)N2. The van der Waals surface area contributed by atoms with Gasteiger partial charge in [0.1, 0.15) is 11.8 Å². The predicted molar refractivity (Wildman–Crippen MR) is 83.3 cm³/mol. The van der Waals surface area contributed by atoms with Crippen molar-refractivity contribution in [2.24, 2.45) is 0 Å². The maximum absolute atomic E-state index is 12.3. The van der Waals surface area contributed by atoms with Crippen LogP contribution in [0.2, 0.25) is 0 Å². The minimum Gasteiger partial charge on any atom is -0.495 e. The minimum absolute atomic E-state index is 0.0244. The fourth-order valence-corrected chi connectivity index (χ4v) is 2.43. The van der Waals surface area contributed by atoms with Crippen LogP contribution in [0.4, 0.5) is 11.6 Å². The molecule has 0 saturated heterocycles. The Morgan fingerprint density at radius 3 is 2.96 bits per heavy atom. The van der Waals surface area contributed by atoms with E-state index in [0.717, 1.165) is 0 Å². The number of aromatic nitrogens is 3. The summed E-state index contributed by atoms with van der Waals surface area (Å²) in [6, 6.07) is 6.41. The van der Waals surface area contributed by atoms with Gasteiger partial charge in [0.25, 0.3) is 5.91 Å². The summed E-state index contributed by atoms with van der Waals surface area (Å²) < 4.78 is 6.67. The van der Waals surface area contributed by atoms with Crippen molar-refractivity contribution in [3.05, 3.63) is 30.1 Å². The standard InChI is InChI=1S/C15H17N5O3/c1-3-12-17-15-18-14(22)10(20(15)19-12)8-13(21)16-9-6-4-5-7-11(9)23-2/h4-7,10H,3,8H2,1-2H3,(H,16,21)(H,17,18,19,22)/t10-/m0/s1. The summed E-state index contributed by atoms with van der Waals surface area (Å²) in [5, 5.41) is 9.65. The molecule has 0 radical (unpaired) electrons. The van der Waals surface area contributed by atoms with Crippen LogP contribution in [0.25, 0.3) is 0 Å². The molecule has 0 fully saturated rings. The maximum atomic E-state index is 12.3. The van der Waals surface area contributed by atoms with Crippen molar-refractivity contribution in [2.75, 3.05) is 17.7 Å². The number of carbonyl (C=O) groups excluding carboxylic acids is 2. The van der Waals surface area contributed by atoms with Crippen LogP contribution in [0.5, 0.6) is 5.75 Å². The van der Waals surface area contributed by atoms with Crippen LogP contribution in [0.1, 0.15) is 25.2 Å². The lowest BCUT2D eigenvalue weighted by atomic mass is 10.2. The van der Waals surface area contributed by atoms with Crippen LogP contribution in [-0.2, 0) is 16.0 Å². The average molecular weight is 315 g/mol. The Labute approximate surface area is 132 Å². The van der Waals surface area contributed by atoms with Crippen molar-refractivity contribution in [3.63, 3.8) is 0 Å². The highest BCUT2D eigenvalue weighted by Gasteiger charge is 2.34. The van der Waals surface area contributed by atoms with Crippen LogP contribution < -0.4 is 15.4 Å². The summed E-state index contributed by atoms with van der Waals surface area (Å²) in [5.41, 5.74) is 0.562. The Kier molecular flexibility index (Phi) is 3.96. The van der Waals surface area contributed by atoms with Gasteiger partial charge < -0.3 is 10.1 Å². The Balaban J connectivity index is 1.73. The van der Waals surface area contributed by atoms with Gasteiger partial charge in [-0.2, -0.15) is 10.1 Å². The minimum atomic E-state index is -0.687. The van der Waals surface area contributed by atoms with Crippen LogP contribution >= 0.6 is 0 Å². The maximum Gasteiger partial charge on any atom is 0.252 e. The molecule has 3 rings (SSSR count). The Morgan fingerprint density at radius 1 is 1.43 bits per heavy atom. The lowest BCUT2D eigenvalue weighted by Gasteiger charge is -2.12. The van der Waals surface area contributed by atoms with Crippen molar-refractivity contribution < 1.29 is 14.3 Å². The van der Waals surface area contributed by atoms with Gasteiger partial charge in [-0.25, -0.2) is 4.68 Å². The largest absolute Gasteiger partial charge is 0.495 e. The number of fused-ring (bicyclic) bond motifs is 1. The molecule has 2 N–H and O–H groups in total. The molecule has 2 heterocycles. The Morgan fingerprint density at radius 2 is 2.22 bits per heavy atom. The number of hydrogen-bond donors (Lipinski definition) is 2. The van der Waals surface area contributed by atoms with E-state index in [4.69, 9.17) is 4.74 Å². The molecule has 2 amide bonds. The van der Waals surface area contributed by atoms with E-state index in [9.17, 15) is 9.59 Å². The number of nitrogens with zero attached hydrogens (tertiary/aromatic N) is 3. The highest BCUT2D eigenvalue weighted by atomic mass is 16.5. The number of amides is 2. The molecular weight excluding hydrogens is 298 g/mol. The molecule has 1 aromatic heterocycles. The van der Waals surface area contributed by atoms with E-state index < -0.39 is 6.04 Å². The molecule has 1 aliphatic rings. The Bertz CT molecular complexity index is 755. The normalized spacial score (nSPS) is 15.9. The first-order chi connectivity index (χ1) is 11.1. The van der Waals surface area contributed by atoms with Gasteiger partial charge in [0, 0.05) is 6.42 Å². The third-order valence-corrected chi connectivity index (χ3v) is 3.58. The van der Waals surface area contributed by atoms with E-state index in [1.54, 1.807) is 18.2 Å². The first-order valence-corrected chi connectivity index (χ1v) is 7.31. The van der Waals surface area contributed by atoms with E-state index in [0.29, 0.717) is 29.6 Å².